The fourth-order valence-electron chi connectivity index (χ4n) is 2.79. The van der Waals surface area contributed by atoms with Gasteiger partial charge in [0.25, 0.3) is 0 Å². The number of nitrogens with one attached hydrogen (secondary N) is 2. The first-order valence-electron chi connectivity index (χ1n) is 7.35. The zero-order chi connectivity index (χ0) is 13.2. The summed E-state index contributed by atoms with van der Waals surface area (Å²) >= 11 is 0. The van der Waals surface area contributed by atoms with E-state index in [0.29, 0.717) is 18.9 Å². The molecule has 0 aromatic carbocycles. The molecule has 19 heavy (non-hydrogen) atoms. The summed E-state index contributed by atoms with van der Waals surface area (Å²) < 4.78 is 2.32. The molecular formula is C14H22N4O. The van der Waals surface area contributed by atoms with E-state index in [0.717, 1.165) is 26.1 Å². The van der Waals surface area contributed by atoms with Crippen molar-refractivity contribution < 1.29 is 4.79 Å². The van der Waals surface area contributed by atoms with E-state index in [-0.39, 0.29) is 5.91 Å². The minimum Gasteiger partial charge on any atom is -0.356 e. The third-order valence-corrected chi connectivity index (χ3v) is 3.89. The SMILES string of the molecule is CCNC(=O)CCn1c(C2CC2)nc2c1CCNC2. The standard InChI is InChI=1S/C14H22N4O/c1-2-16-13(19)6-8-18-12-5-7-15-9-11(12)17-14(18)10-3-4-10/h10,15H,2-9H2,1H3,(H,16,19). The van der Waals surface area contributed by atoms with Gasteiger partial charge in [0.05, 0.1) is 5.69 Å². The fourth-order valence-corrected chi connectivity index (χ4v) is 2.79. The predicted molar refractivity (Wildman–Crippen MR) is 72.9 cm³/mol. The van der Waals surface area contributed by atoms with E-state index in [1.165, 1.54) is 30.1 Å². The van der Waals surface area contributed by atoms with Crippen molar-refractivity contribution in [2.24, 2.45) is 0 Å². The molecular weight excluding hydrogens is 240 g/mol. The molecule has 1 amide bonds. The number of amides is 1. The van der Waals surface area contributed by atoms with E-state index in [1.807, 2.05) is 6.92 Å². The van der Waals surface area contributed by atoms with Gasteiger partial charge in [0.1, 0.15) is 5.82 Å². The van der Waals surface area contributed by atoms with Crippen LogP contribution in [0, 0.1) is 0 Å². The lowest BCUT2D eigenvalue weighted by molar-refractivity contribution is -0.121. The smallest absolute Gasteiger partial charge is 0.221 e. The zero-order valence-corrected chi connectivity index (χ0v) is 11.5. The Morgan fingerprint density at radius 2 is 2.37 bits per heavy atom. The molecule has 1 aliphatic heterocycles. The van der Waals surface area contributed by atoms with E-state index >= 15 is 0 Å². The molecule has 0 atom stereocenters. The zero-order valence-electron chi connectivity index (χ0n) is 11.5. The van der Waals surface area contributed by atoms with Crippen LogP contribution in [0.25, 0.3) is 0 Å². The van der Waals surface area contributed by atoms with Gasteiger partial charge in [-0.3, -0.25) is 4.79 Å². The Hall–Kier alpha value is -1.36. The van der Waals surface area contributed by atoms with Gasteiger partial charge >= 0.3 is 0 Å². The Kier molecular flexibility index (Phi) is 3.55. The Bertz CT molecular complexity index is 476. The molecule has 1 aliphatic carbocycles. The molecule has 1 aromatic heterocycles. The van der Waals surface area contributed by atoms with Gasteiger partial charge in [-0.05, 0) is 19.8 Å². The molecule has 5 heteroatoms. The first-order chi connectivity index (χ1) is 9.29. The van der Waals surface area contributed by atoms with Crippen LogP contribution in [-0.4, -0.2) is 28.5 Å². The second kappa shape index (κ2) is 5.33. The van der Waals surface area contributed by atoms with Crippen LogP contribution in [-0.2, 0) is 24.3 Å². The molecule has 0 radical (unpaired) electrons. The van der Waals surface area contributed by atoms with Crippen LogP contribution in [0.4, 0.5) is 0 Å². The van der Waals surface area contributed by atoms with Crippen LogP contribution in [0.5, 0.6) is 0 Å². The van der Waals surface area contributed by atoms with Crippen molar-refractivity contribution in [1.29, 1.82) is 0 Å². The molecule has 0 unspecified atom stereocenters. The summed E-state index contributed by atoms with van der Waals surface area (Å²) in [6.07, 6.45) is 4.10. The number of fused-ring (bicyclic) bond motifs is 1. The maximum absolute atomic E-state index is 11.6. The minimum atomic E-state index is 0.139. The van der Waals surface area contributed by atoms with Crippen molar-refractivity contribution >= 4 is 5.91 Å². The molecule has 0 saturated heterocycles. The molecule has 2 aliphatic rings. The highest BCUT2D eigenvalue weighted by atomic mass is 16.1. The molecule has 0 spiro atoms. The summed E-state index contributed by atoms with van der Waals surface area (Å²) in [6.45, 7) is 5.34. The number of rotatable bonds is 5. The highest BCUT2D eigenvalue weighted by Gasteiger charge is 2.31. The van der Waals surface area contributed by atoms with Crippen LogP contribution >= 0.6 is 0 Å². The Labute approximate surface area is 113 Å². The third kappa shape index (κ3) is 2.66. The molecule has 2 heterocycles. The van der Waals surface area contributed by atoms with Gasteiger partial charge in [-0.1, -0.05) is 0 Å². The molecule has 1 aromatic rings. The van der Waals surface area contributed by atoms with E-state index in [4.69, 9.17) is 4.98 Å². The van der Waals surface area contributed by atoms with Crippen LogP contribution in [0.15, 0.2) is 0 Å². The van der Waals surface area contributed by atoms with Gasteiger partial charge in [0.2, 0.25) is 5.91 Å². The summed E-state index contributed by atoms with van der Waals surface area (Å²) in [6, 6.07) is 0. The Balaban J connectivity index is 1.78. The summed E-state index contributed by atoms with van der Waals surface area (Å²) in [5, 5.41) is 6.24. The monoisotopic (exact) mass is 262 g/mol. The largest absolute Gasteiger partial charge is 0.356 e. The maximum atomic E-state index is 11.6. The number of aromatic nitrogens is 2. The maximum Gasteiger partial charge on any atom is 0.221 e. The number of carbonyl (C=O) groups is 1. The van der Waals surface area contributed by atoms with Crippen molar-refractivity contribution in [3.05, 3.63) is 17.2 Å². The molecule has 104 valence electrons. The molecule has 1 saturated carbocycles. The first kappa shape index (κ1) is 12.7. The highest BCUT2D eigenvalue weighted by molar-refractivity contribution is 5.75. The molecule has 0 bridgehead atoms. The second-order valence-electron chi connectivity index (χ2n) is 5.42. The molecule has 5 nitrogen and oxygen atoms in total. The van der Waals surface area contributed by atoms with Crippen molar-refractivity contribution in [2.45, 2.75) is 51.6 Å². The van der Waals surface area contributed by atoms with Crippen molar-refractivity contribution in [3.63, 3.8) is 0 Å². The number of carbonyl (C=O) groups excluding carboxylic acids is 1. The first-order valence-corrected chi connectivity index (χ1v) is 7.35. The fraction of sp³-hybridized carbons (Fsp3) is 0.714. The van der Waals surface area contributed by atoms with Crippen LogP contribution in [0.1, 0.15) is 49.3 Å². The normalized spacial score (nSPS) is 18.2. The average Bonchev–Trinajstić information content (AvgIpc) is 3.19. The van der Waals surface area contributed by atoms with E-state index in [2.05, 4.69) is 15.2 Å². The highest BCUT2D eigenvalue weighted by Crippen LogP contribution is 2.40. The quantitative estimate of drug-likeness (QED) is 0.830. The van der Waals surface area contributed by atoms with Crippen LogP contribution < -0.4 is 10.6 Å². The van der Waals surface area contributed by atoms with Gasteiger partial charge in [-0.15, -0.1) is 0 Å². The van der Waals surface area contributed by atoms with E-state index < -0.39 is 0 Å². The van der Waals surface area contributed by atoms with Gasteiger partial charge in [0, 0.05) is 50.6 Å². The Morgan fingerprint density at radius 3 is 3.11 bits per heavy atom. The van der Waals surface area contributed by atoms with Crippen LogP contribution in [0.3, 0.4) is 0 Å². The van der Waals surface area contributed by atoms with Gasteiger partial charge in [-0.25, -0.2) is 4.98 Å². The minimum absolute atomic E-state index is 0.139. The van der Waals surface area contributed by atoms with Crippen molar-refractivity contribution in [3.8, 4) is 0 Å². The van der Waals surface area contributed by atoms with Crippen molar-refractivity contribution in [2.75, 3.05) is 13.1 Å². The van der Waals surface area contributed by atoms with E-state index in [9.17, 15) is 4.79 Å². The van der Waals surface area contributed by atoms with Crippen molar-refractivity contribution in [1.82, 2.24) is 20.2 Å². The molecule has 3 rings (SSSR count). The lowest BCUT2D eigenvalue weighted by Crippen LogP contribution is -2.27. The van der Waals surface area contributed by atoms with Gasteiger partial charge in [0.15, 0.2) is 0 Å². The molecule has 1 fully saturated rings. The lowest BCUT2D eigenvalue weighted by Gasteiger charge is -2.16. The predicted octanol–water partition coefficient (Wildman–Crippen LogP) is 0.932. The Morgan fingerprint density at radius 1 is 1.53 bits per heavy atom. The number of hydrogen-bond donors (Lipinski definition) is 2. The lowest BCUT2D eigenvalue weighted by atomic mass is 10.2. The molecule has 2 N–H and O–H groups in total. The van der Waals surface area contributed by atoms with Gasteiger partial charge < -0.3 is 15.2 Å². The second-order valence-corrected chi connectivity index (χ2v) is 5.42. The summed E-state index contributed by atoms with van der Waals surface area (Å²) in [7, 11) is 0. The van der Waals surface area contributed by atoms with Gasteiger partial charge in [-0.2, -0.15) is 0 Å². The third-order valence-electron chi connectivity index (χ3n) is 3.89. The summed E-state index contributed by atoms with van der Waals surface area (Å²) in [5.41, 5.74) is 2.55. The summed E-state index contributed by atoms with van der Waals surface area (Å²) in [4.78, 5) is 16.5. The summed E-state index contributed by atoms with van der Waals surface area (Å²) in [5.74, 6) is 2.00. The number of nitrogens with zero attached hydrogens (tertiary/aromatic N) is 2. The van der Waals surface area contributed by atoms with E-state index in [1.54, 1.807) is 0 Å². The van der Waals surface area contributed by atoms with Crippen LogP contribution in [0.2, 0.25) is 0 Å². The number of hydrogen-bond acceptors (Lipinski definition) is 3. The average molecular weight is 262 g/mol. The number of imidazole rings is 1. The topological polar surface area (TPSA) is 59.0 Å².